The zero-order valence-corrected chi connectivity index (χ0v) is 16.6. The van der Waals surface area contributed by atoms with Crippen LogP contribution >= 0.6 is 0 Å². The number of nitrogens with two attached hydrogens (primary N) is 1. The SMILES string of the molecule is COc1cc(-c2ccccc2-c2ccccc2S(N)(=O)=O)cc(OC)c1OC. The summed E-state index contributed by atoms with van der Waals surface area (Å²) in [6, 6.07) is 17.8. The second kappa shape index (κ2) is 7.92. The lowest BCUT2D eigenvalue weighted by atomic mass is 9.94. The molecule has 0 aliphatic carbocycles. The lowest BCUT2D eigenvalue weighted by Crippen LogP contribution is -2.13. The number of rotatable bonds is 6. The van der Waals surface area contributed by atoms with E-state index in [0.29, 0.717) is 22.8 Å². The van der Waals surface area contributed by atoms with Crippen molar-refractivity contribution >= 4 is 10.0 Å². The fraction of sp³-hybridized carbons (Fsp3) is 0.143. The molecule has 0 radical (unpaired) electrons. The predicted molar refractivity (Wildman–Crippen MR) is 108 cm³/mol. The molecule has 0 saturated carbocycles. The topological polar surface area (TPSA) is 87.9 Å². The maximum Gasteiger partial charge on any atom is 0.238 e. The highest BCUT2D eigenvalue weighted by Gasteiger charge is 2.19. The zero-order valence-electron chi connectivity index (χ0n) is 15.8. The number of ether oxygens (including phenoxy) is 3. The van der Waals surface area contributed by atoms with E-state index >= 15 is 0 Å². The maximum absolute atomic E-state index is 12.1. The van der Waals surface area contributed by atoms with Crippen LogP contribution in [0.3, 0.4) is 0 Å². The van der Waals surface area contributed by atoms with Gasteiger partial charge in [0, 0.05) is 5.56 Å². The molecular formula is C21H21NO5S. The highest BCUT2D eigenvalue weighted by Crippen LogP contribution is 2.43. The summed E-state index contributed by atoms with van der Waals surface area (Å²) in [5.74, 6) is 1.49. The third kappa shape index (κ3) is 3.67. The highest BCUT2D eigenvalue weighted by atomic mass is 32.2. The van der Waals surface area contributed by atoms with E-state index < -0.39 is 10.0 Å². The van der Waals surface area contributed by atoms with Crippen molar-refractivity contribution in [1.82, 2.24) is 0 Å². The molecule has 3 rings (SSSR count). The van der Waals surface area contributed by atoms with Gasteiger partial charge in [-0.1, -0.05) is 42.5 Å². The maximum atomic E-state index is 12.1. The molecular weight excluding hydrogens is 378 g/mol. The molecule has 2 N–H and O–H groups in total. The number of primary sulfonamides is 1. The summed E-state index contributed by atoms with van der Waals surface area (Å²) in [7, 11) is 0.742. The van der Waals surface area contributed by atoms with Crippen LogP contribution in [-0.2, 0) is 10.0 Å². The van der Waals surface area contributed by atoms with Crippen molar-refractivity contribution in [3.05, 3.63) is 60.7 Å². The molecule has 0 spiro atoms. The fourth-order valence-electron chi connectivity index (χ4n) is 3.14. The van der Waals surface area contributed by atoms with E-state index in [2.05, 4.69) is 0 Å². The lowest BCUT2D eigenvalue weighted by molar-refractivity contribution is 0.324. The molecule has 0 bridgehead atoms. The fourth-order valence-corrected chi connectivity index (χ4v) is 3.90. The van der Waals surface area contributed by atoms with Gasteiger partial charge in [-0.25, -0.2) is 13.6 Å². The van der Waals surface area contributed by atoms with Crippen LogP contribution in [0.4, 0.5) is 0 Å². The van der Waals surface area contributed by atoms with Crippen LogP contribution in [0.5, 0.6) is 17.2 Å². The predicted octanol–water partition coefficient (Wildman–Crippen LogP) is 3.69. The Bertz CT molecular complexity index is 1080. The Labute approximate surface area is 164 Å². The van der Waals surface area contributed by atoms with E-state index in [9.17, 15) is 8.42 Å². The van der Waals surface area contributed by atoms with Crippen molar-refractivity contribution < 1.29 is 22.6 Å². The Morgan fingerprint density at radius 1 is 0.714 bits per heavy atom. The first-order valence-corrected chi connectivity index (χ1v) is 9.97. The van der Waals surface area contributed by atoms with E-state index in [1.54, 1.807) is 32.4 Å². The van der Waals surface area contributed by atoms with Gasteiger partial charge in [0.05, 0.1) is 26.2 Å². The number of hydrogen-bond donors (Lipinski definition) is 1. The van der Waals surface area contributed by atoms with Crippen LogP contribution in [-0.4, -0.2) is 29.7 Å². The number of methoxy groups -OCH3 is 3. The summed E-state index contributed by atoms with van der Waals surface area (Å²) < 4.78 is 40.4. The minimum Gasteiger partial charge on any atom is -0.493 e. The van der Waals surface area contributed by atoms with Gasteiger partial charge in [0.25, 0.3) is 0 Å². The first kappa shape index (κ1) is 19.7. The second-order valence-electron chi connectivity index (χ2n) is 6.00. The molecule has 0 saturated heterocycles. The normalized spacial score (nSPS) is 11.1. The van der Waals surface area contributed by atoms with Crippen molar-refractivity contribution in [2.45, 2.75) is 4.90 Å². The Hall–Kier alpha value is -3.03. The molecule has 28 heavy (non-hydrogen) atoms. The zero-order chi connectivity index (χ0) is 20.3. The molecule has 0 aliphatic rings. The largest absolute Gasteiger partial charge is 0.493 e. The van der Waals surface area contributed by atoms with Gasteiger partial charge in [0.2, 0.25) is 15.8 Å². The van der Waals surface area contributed by atoms with Gasteiger partial charge >= 0.3 is 0 Å². The monoisotopic (exact) mass is 399 g/mol. The molecule has 0 fully saturated rings. The third-order valence-electron chi connectivity index (χ3n) is 4.39. The van der Waals surface area contributed by atoms with E-state index in [-0.39, 0.29) is 4.90 Å². The van der Waals surface area contributed by atoms with E-state index in [1.807, 2.05) is 36.4 Å². The van der Waals surface area contributed by atoms with Crippen molar-refractivity contribution in [2.24, 2.45) is 5.14 Å². The molecule has 0 atom stereocenters. The first-order chi connectivity index (χ1) is 13.4. The van der Waals surface area contributed by atoms with Crippen molar-refractivity contribution in [3.63, 3.8) is 0 Å². The van der Waals surface area contributed by atoms with Gasteiger partial charge in [-0.3, -0.25) is 0 Å². The molecule has 6 nitrogen and oxygen atoms in total. The van der Waals surface area contributed by atoms with E-state index in [4.69, 9.17) is 19.3 Å². The average molecular weight is 399 g/mol. The number of benzene rings is 3. The molecule has 146 valence electrons. The summed E-state index contributed by atoms with van der Waals surface area (Å²) in [5, 5.41) is 5.43. The Balaban J connectivity index is 2.29. The van der Waals surface area contributed by atoms with Gasteiger partial charge in [-0.15, -0.1) is 0 Å². The van der Waals surface area contributed by atoms with Crippen LogP contribution in [0, 0.1) is 0 Å². The third-order valence-corrected chi connectivity index (χ3v) is 5.36. The molecule has 0 aromatic heterocycles. The molecule has 0 unspecified atom stereocenters. The number of sulfonamides is 1. The Morgan fingerprint density at radius 3 is 1.71 bits per heavy atom. The standard InChI is InChI=1S/C21H21NO5S/c1-25-18-12-14(13-19(26-2)21(18)27-3)15-8-4-5-9-16(15)17-10-6-7-11-20(17)28(22,23)24/h4-13H,1-3H3,(H2,22,23,24). The lowest BCUT2D eigenvalue weighted by Gasteiger charge is -2.17. The molecule has 7 heteroatoms. The molecule has 0 aliphatic heterocycles. The minimum atomic E-state index is -3.89. The summed E-state index contributed by atoms with van der Waals surface area (Å²) in [6.07, 6.45) is 0. The second-order valence-corrected chi connectivity index (χ2v) is 7.53. The van der Waals surface area contributed by atoms with Crippen LogP contribution in [0.2, 0.25) is 0 Å². The van der Waals surface area contributed by atoms with Gasteiger partial charge < -0.3 is 14.2 Å². The summed E-state index contributed by atoms with van der Waals surface area (Å²) in [4.78, 5) is 0.0647. The van der Waals surface area contributed by atoms with Gasteiger partial charge in [0.15, 0.2) is 11.5 Å². The first-order valence-electron chi connectivity index (χ1n) is 8.42. The molecule has 0 amide bonds. The highest BCUT2D eigenvalue weighted by molar-refractivity contribution is 7.89. The van der Waals surface area contributed by atoms with Crippen molar-refractivity contribution in [1.29, 1.82) is 0 Å². The Kier molecular flexibility index (Phi) is 5.58. The van der Waals surface area contributed by atoms with Crippen molar-refractivity contribution in [2.75, 3.05) is 21.3 Å². The summed E-state index contributed by atoms with van der Waals surface area (Å²) >= 11 is 0. The smallest absolute Gasteiger partial charge is 0.238 e. The quantitative estimate of drug-likeness (QED) is 0.683. The van der Waals surface area contributed by atoms with Crippen LogP contribution in [0.15, 0.2) is 65.6 Å². The molecule has 3 aromatic carbocycles. The summed E-state index contributed by atoms with van der Waals surface area (Å²) in [5.41, 5.74) is 2.84. The molecule has 3 aromatic rings. The van der Waals surface area contributed by atoms with Crippen molar-refractivity contribution in [3.8, 4) is 39.5 Å². The molecule has 0 heterocycles. The van der Waals surface area contributed by atoms with Crippen LogP contribution < -0.4 is 19.3 Å². The minimum absolute atomic E-state index is 0.0647. The average Bonchev–Trinajstić information content (AvgIpc) is 2.72. The van der Waals surface area contributed by atoms with Gasteiger partial charge in [-0.2, -0.15) is 0 Å². The van der Waals surface area contributed by atoms with Crippen LogP contribution in [0.25, 0.3) is 22.3 Å². The van der Waals surface area contributed by atoms with Gasteiger partial charge in [-0.05, 0) is 34.9 Å². The van der Waals surface area contributed by atoms with Gasteiger partial charge in [0.1, 0.15) is 0 Å². The number of hydrogen-bond acceptors (Lipinski definition) is 5. The van der Waals surface area contributed by atoms with E-state index in [0.717, 1.165) is 16.7 Å². The Morgan fingerprint density at radius 2 is 1.21 bits per heavy atom. The van der Waals surface area contributed by atoms with E-state index in [1.165, 1.54) is 13.2 Å². The summed E-state index contributed by atoms with van der Waals surface area (Å²) in [6.45, 7) is 0. The van der Waals surface area contributed by atoms with Crippen LogP contribution in [0.1, 0.15) is 0 Å².